The van der Waals surface area contributed by atoms with Crippen molar-refractivity contribution in [2.24, 2.45) is 0 Å². The summed E-state index contributed by atoms with van der Waals surface area (Å²) in [4.78, 5) is 12.2. The second-order valence-electron chi connectivity index (χ2n) is 4.35. The van der Waals surface area contributed by atoms with Gasteiger partial charge in [-0.05, 0) is 32.0 Å². The molecule has 20 heavy (non-hydrogen) atoms. The van der Waals surface area contributed by atoms with Crippen molar-refractivity contribution >= 4 is 34.8 Å². The van der Waals surface area contributed by atoms with E-state index in [0.29, 0.717) is 15.7 Å². The van der Waals surface area contributed by atoms with Crippen LogP contribution in [-0.4, -0.2) is 20.8 Å². The van der Waals surface area contributed by atoms with Gasteiger partial charge in [0.25, 0.3) is 0 Å². The quantitative estimate of drug-likeness (QED) is 0.853. The van der Waals surface area contributed by atoms with Gasteiger partial charge in [0, 0.05) is 5.02 Å². The molecular weight excluding hydrogens is 301 g/mol. The third-order valence-electron chi connectivity index (χ3n) is 2.95. The summed E-state index contributed by atoms with van der Waals surface area (Å²) in [6, 6.07) is 3.86. The molecule has 0 saturated carbocycles. The number of nitrogens with zero attached hydrogens (tertiary/aromatic N) is 2. The number of phenols is 1. The number of carbonyl (C=O) groups excluding carboxylic acids is 1. The predicted octanol–water partition coefficient (Wildman–Crippen LogP) is 3.40. The number of halogens is 2. The molecule has 7 heteroatoms. The minimum absolute atomic E-state index is 0.0508. The molecule has 2 rings (SSSR count). The van der Waals surface area contributed by atoms with Gasteiger partial charge in [0.1, 0.15) is 11.8 Å². The van der Waals surface area contributed by atoms with E-state index < -0.39 is 6.04 Å². The van der Waals surface area contributed by atoms with Crippen LogP contribution in [0.3, 0.4) is 0 Å². The molecule has 2 aromatic rings. The van der Waals surface area contributed by atoms with Crippen molar-refractivity contribution < 1.29 is 9.90 Å². The highest BCUT2D eigenvalue weighted by Crippen LogP contribution is 2.27. The summed E-state index contributed by atoms with van der Waals surface area (Å²) in [5, 5.41) is 17.3. The molecule has 1 heterocycles. The van der Waals surface area contributed by atoms with Gasteiger partial charge in [0.2, 0.25) is 5.91 Å². The molecule has 1 aromatic carbocycles. The highest BCUT2D eigenvalue weighted by Gasteiger charge is 2.19. The van der Waals surface area contributed by atoms with Crippen LogP contribution in [-0.2, 0) is 4.79 Å². The van der Waals surface area contributed by atoms with Crippen LogP contribution in [0.4, 0.5) is 5.69 Å². The Morgan fingerprint density at radius 3 is 2.75 bits per heavy atom. The number of rotatable bonds is 3. The fourth-order valence-electron chi connectivity index (χ4n) is 1.75. The van der Waals surface area contributed by atoms with Gasteiger partial charge in [0.15, 0.2) is 0 Å². The number of aromatic hydroxyl groups is 1. The first-order chi connectivity index (χ1) is 9.40. The van der Waals surface area contributed by atoms with Gasteiger partial charge in [0.05, 0.1) is 22.6 Å². The molecule has 0 aliphatic carbocycles. The van der Waals surface area contributed by atoms with E-state index in [2.05, 4.69) is 10.4 Å². The van der Waals surface area contributed by atoms with E-state index in [0.717, 1.165) is 0 Å². The van der Waals surface area contributed by atoms with Crippen molar-refractivity contribution in [1.82, 2.24) is 9.78 Å². The van der Waals surface area contributed by atoms with Crippen LogP contribution in [0.1, 0.15) is 18.7 Å². The van der Waals surface area contributed by atoms with Crippen molar-refractivity contribution in [2.75, 3.05) is 5.32 Å². The Bertz CT molecular complexity index is 655. The summed E-state index contributed by atoms with van der Waals surface area (Å²) in [5.74, 6) is -0.379. The minimum atomic E-state index is -0.569. The molecule has 0 saturated heterocycles. The fourth-order valence-corrected chi connectivity index (χ4v) is 2.05. The standard InChI is InChI=1S/C13H13Cl2N3O2/c1-7-10(15)6-16-18(7)8(2)13(20)17-11-5-9(14)3-4-12(11)19/h3-6,8,19H,1-2H3,(H,17,20). The molecule has 5 nitrogen and oxygen atoms in total. The second-order valence-corrected chi connectivity index (χ2v) is 5.19. The van der Waals surface area contributed by atoms with Crippen LogP contribution in [0.5, 0.6) is 5.75 Å². The number of aromatic nitrogens is 2. The summed E-state index contributed by atoms with van der Waals surface area (Å²) in [6.07, 6.45) is 1.48. The monoisotopic (exact) mass is 313 g/mol. The molecule has 0 fully saturated rings. The maximum Gasteiger partial charge on any atom is 0.249 e. The first-order valence-electron chi connectivity index (χ1n) is 5.89. The molecule has 1 amide bonds. The molecule has 0 radical (unpaired) electrons. The van der Waals surface area contributed by atoms with Crippen molar-refractivity contribution in [3.05, 3.63) is 40.1 Å². The average molecular weight is 314 g/mol. The molecule has 106 valence electrons. The van der Waals surface area contributed by atoms with Crippen molar-refractivity contribution in [1.29, 1.82) is 0 Å². The Kier molecular flexibility index (Phi) is 4.20. The summed E-state index contributed by atoms with van der Waals surface area (Å²) in [6.45, 7) is 3.46. The predicted molar refractivity (Wildman–Crippen MR) is 78.4 cm³/mol. The topological polar surface area (TPSA) is 67.2 Å². The number of hydrogen-bond acceptors (Lipinski definition) is 3. The van der Waals surface area contributed by atoms with E-state index in [1.54, 1.807) is 13.8 Å². The van der Waals surface area contributed by atoms with E-state index in [1.807, 2.05) is 0 Å². The van der Waals surface area contributed by atoms with Gasteiger partial charge in [-0.1, -0.05) is 23.2 Å². The zero-order chi connectivity index (χ0) is 14.9. The number of hydrogen-bond donors (Lipinski definition) is 2. The maximum atomic E-state index is 12.2. The maximum absolute atomic E-state index is 12.2. The van der Waals surface area contributed by atoms with Crippen LogP contribution < -0.4 is 5.32 Å². The van der Waals surface area contributed by atoms with E-state index >= 15 is 0 Å². The first kappa shape index (κ1) is 14.7. The Morgan fingerprint density at radius 2 is 2.15 bits per heavy atom. The highest BCUT2D eigenvalue weighted by molar-refractivity contribution is 6.31. The molecule has 2 N–H and O–H groups in total. The molecular formula is C13H13Cl2N3O2. The molecule has 1 aromatic heterocycles. The third kappa shape index (κ3) is 2.89. The zero-order valence-corrected chi connectivity index (χ0v) is 12.4. The SMILES string of the molecule is Cc1c(Cl)cnn1C(C)C(=O)Nc1cc(Cl)ccc1O. The molecule has 0 bridgehead atoms. The van der Waals surface area contributed by atoms with Gasteiger partial charge in [-0.2, -0.15) is 5.10 Å². The normalized spacial score (nSPS) is 12.2. The van der Waals surface area contributed by atoms with Gasteiger partial charge < -0.3 is 10.4 Å². The van der Waals surface area contributed by atoms with Crippen LogP contribution in [0.25, 0.3) is 0 Å². The van der Waals surface area contributed by atoms with E-state index in [9.17, 15) is 9.90 Å². The lowest BCUT2D eigenvalue weighted by Crippen LogP contribution is -2.25. The Balaban J connectivity index is 2.20. The molecule has 0 spiro atoms. The van der Waals surface area contributed by atoms with Crippen LogP contribution in [0.15, 0.2) is 24.4 Å². The van der Waals surface area contributed by atoms with Gasteiger partial charge in [-0.3, -0.25) is 9.48 Å². The smallest absolute Gasteiger partial charge is 0.249 e. The van der Waals surface area contributed by atoms with Crippen LogP contribution in [0.2, 0.25) is 10.0 Å². The van der Waals surface area contributed by atoms with Gasteiger partial charge in [-0.25, -0.2) is 0 Å². The summed E-state index contributed by atoms with van der Waals surface area (Å²) in [5.41, 5.74) is 0.954. The van der Waals surface area contributed by atoms with Crippen molar-refractivity contribution in [2.45, 2.75) is 19.9 Å². The van der Waals surface area contributed by atoms with Crippen LogP contribution in [0, 0.1) is 6.92 Å². The number of anilines is 1. The highest BCUT2D eigenvalue weighted by atomic mass is 35.5. The average Bonchev–Trinajstić information content (AvgIpc) is 2.73. The lowest BCUT2D eigenvalue weighted by molar-refractivity contribution is -0.119. The zero-order valence-electron chi connectivity index (χ0n) is 10.9. The van der Waals surface area contributed by atoms with Crippen molar-refractivity contribution in [3.8, 4) is 5.75 Å². The number of benzene rings is 1. The number of carbonyl (C=O) groups is 1. The van der Waals surface area contributed by atoms with Crippen molar-refractivity contribution in [3.63, 3.8) is 0 Å². The van der Waals surface area contributed by atoms with E-state index in [4.69, 9.17) is 23.2 Å². The lowest BCUT2D eigenvalue weighted by atomic mass is 10.2. The van der Waals surface area contributed by atoms with E-state index in [1.165, 1.54) is 29.1 Å². The second kappa shape index (κ2) is 5.73. The Morgan fingerprint density at radius 1 is 1.45 bits per heavy atom. The summed E-state index contributed by atoms with van der Waals surface area (Å²) in [7, 11) is 0. The molecule has 0 aliphatic heterocycles. The number of nitrogens with one attached hydrogen (secondary N) is 1. The molecule has 1 unspecified atom stereocenters. The number of amides is 1. The lowest BCUT2D eigenvalue weighted by Gasteiger charge is -2.15. The Labute approximate surface area is 126 Å². The molecule has 0 aliphatic rings. The summed E-state index contributed by atoms with van der Waals surface area (Å²) < 4.78 is 1.51. The third-order valence-corrected chi connectivity index (χ3v) is 3.55. The number of phenolic OH excluding ortho intramolecular Hbond substituents is 1. The van der Waals surface area contributed by atoms with Crippen LogP contribution >= 0.6 is 23.2 Å². The minimum Gasteiger partial charge on any atom is -0.506 e. The largest absolute Gasteiger partial charge is 0.506 e. The van der Waals surface area contributed by atoms with Gasteiger partial charge >= 0.3 is 0 Å². The first-order valence-corrected chi connectivity index (χ1v) is 6.64. The molecule has 1 atom stereocenters. The fraction of sp³-hybridized carbons (Fsp3) is 0.231. The van der Waals surface area contributed by atoms with Gasteiger partial charge in [-0.15, -0.1) is 0 Å². The van der Waals surface area contributed by atoms with E-state index in [-0.39, 0.29) is 17.3 Å². The Hall–Kier alpha value is -1.72. The summed E-state index contributed by atoms with van der Waals surface area (Å²) >= 11 is 11.7.